The van der Waals surface area contributed by atoms with Gasteiger partial charge in [-0.15, -0.1) is 0 Å². The average Bonchev–Trinajstić information content (AvgIpc) is 1.98. The van der Waals surface area contributed by atoms with Gasteiger partial charge < -0.3 is 4.74 Å². The van der Waals surface area contributed by atoms with Crippen molar-refractivity contribution in [2.24, 2.45) is 11.8 Å². The van der Waals surface area contributed by atoms with Gasteiger partial charge in [0.05, 0.1) is 0 Å². The summed E-state index contributed by atoms with van der Waals surface area (Å²) in [5.41, 5.74) is 2.31. The minimum Gasteiger partial charge on any atom is -0.355 e. The minimum atomic E-state index is -0.653. The van der Waals surface area contributed by atoms with Crippen LogP contribution in [0.2, 0.25) is 0 Å². The summed E-state index contributed by atoms with van der Waals surface area (Å²) in [4.78, 5) is 11.2. The van der Waals surface area contributed by atoms with Gasteiger partial charge in [-0.05, 0) is 6.92 Å². The predicted octanol–water partition coefficient (Wildman–Crippen LogP) is 0.0374. The Bertz CT molecular complexity index is 126. The van der Waals surface area contributed by atoms with Gasteiger partial charge in [-0.3, -0.25) is 10.6 Å². The number of rotatable bonds is 5. The lowest BCUT2D eigenvalue weighted by atomic mass is 10.1. The molecule has 0 bridgehead atoms. The van der Waals surface area contributed by atoms with E-state index in [4.69, 9.17) is 10.6 Å². The van der Waals surface area contributed by atoms with Gasteiger partial charge >= 0.3 is 0 Å². The van der Waals surface area contributed by atoms with Crippen LogP contribution in [0.5, 0.6) is 0 Å². The summed E-state index contributed by atoms with van der Waals surface area (Å²) < 4.78 is 5.03. The molecular weight excluding hydrogens is 144 g/mol. The molecule has 11 heavy (non-hydrogen) atoms. The van der Waals surface area contributed by atoms with Crippen LogP contribution < -0.4 is 11.3 Å². The van der Waals surface area contributed by atoms with E-state index in [1.54, 1.807) is 0 Å². The van der Waals surface area contributed by atoms with Gasteiger partial charge in [0.25, 0.3) is 0 Å². The van der Waals surface area contributed by atoms with Gasteiger partial charge in [-0.1, -0.05) is 13.8 Å². The topological polar surface area (TPSA) is 64.3 Å². The molecule has 0 aromatic heterocycles. The first-order chi connectivity index (χ1) is 5.13. The lowest BCUT2D eigenvalue weighted by Crippen LogP contribution is -2.45. The van der Waals surface area contributed by atoms with Gasteiger partial charge in [0.1, 0.15) is 0 Å². The molecular formula is C7H16N2O2. The zero-order chi connectivity index (χ0) is 8.85. The fraction of sp³-hybridized carbons (Fsp3) is 0.857. The molecule has 4 heteroatoms. The number of ketones is 1. The van der Waals surface area contributed by atoms with Crippen LogP contribution >= 0.6 is 0 Å². The SMILES string of the molecule is CCOC(NN)C(=O)C(C)C. The van der Waals surface area contributed by atoms with Gasteiger partial charge in [-0.2, -0.15) is 0 Å². The predicted molar refractivity (Wildman–Crippen MR) is 42.6 cm³/mol. The van der Waals surface area contributed by atoms with Crippen LogP contribution in [0.1, 0.15) is 20.8 Å². The quantitative estimate of drug-likeness (QED) is 0.338. The smallest absolute Gasteiger partial charge is 0.180 e. The van der Waals surface area contributed by atoms with E-state index < -0.39 is 6.23 Å². The summed E-state index contributed by atoms with van der Waals surface area (Å²) in [5, 5.41) is 0. The first-order valence-electron chi connectivity index (χ1n) is 3.75. The van der Waals surface area contributed by atoms with Crippen molar-refractivity contribution in [2.45, 2.75) is 27.0 Å². The van der Waals surface area contributed by atoms with Crippen LogP contribution in [0, 0.1) is 5.92 Å². The molecule has 0 rings (SSSR count). The minimum absolute atomic E-state index is 0.0191. The first kappa shape index (κ1) is 10.6. The summed E-state index contributed by atoms with van der Waals surface area (Å²) in [5.74, 6) is 5.03. The highest BCUT2D eigenvalue weighted by Gasteiger charge is 2.19. The standard InChI is InChI=1S/C7H16N2O2/c1-4-11-7(9-8)6(10)5(2)3/h5,7,9H,4,8H2,1-3H3. The van der Waals surface area contributed by atoms with Crippen LogP contribution in [0.15, 0.2) is 0 Å². The molecule has 66 valence electrons. The first-order valence-corrected chi connectivity index (χ1v) is 3.75. The van der Waals surface area contributed by atoms with Crippen molar-refractivity contribution in [3.05, 3.63) is 0 Å². The molecule has 0 spiro atoms. The highest BCUT2D eigenvalue weighted by atomic mass is 16.5. The van der Waals surface area contributed by atoms with E-state index in [1.807, 2.05) is 20.8 Å². The monoisotopic (exact) mass is 160 g/mol. The van der Waals surface area contributed by atoms with Crippen molar-refractivity contribution in [2.75, 3.05) is 6.61 Å². The number of carbonyl (C=O) groups is 1. The van der Waals surface area contributed by atoms with Crippen LogP contribution in [-0.2, 0) is 9.53 Å². The molecule has 1 atom stereocenters. The van der Waals surface area contributed by atoms with Crippen LogP contribution in [0.25, 0.3) is 0 Å². The maximum Gasteiger partial charge on any atom is 0.180 e. The third-order valence-corrected chi connectivity index (χ3v) is 1.31. The number of Topliss-reactive ketones (excluding diaryl/α,β-unsaturated/α-hetero) is 1. The van der Waals surface area contributed by atoms with Crippen molar-refractivity contribution in [3.8, 4) is 0 Å². The molecule has 0 fully saturated rings. The van der Waals surface area contributed by atoms with E-state index in [2.05, 4.69) is 5.43 Å². The zero-order valence-corrected chi connectivity index (χ0v) is 7.26. The maximum absolute atomic E-state index is 11.2. The summed E-state index contributed by atoms with van der Waals surface area (Å²) in [6.07, 6.45) is -0.653. The second-order valence-corrected chi connectivity index (χ2v) is 2.56. The molecule has 0 aromatic carbocycles. The lowest BCUT2D eigenvalue weighted by molar-refractivity contribution is -0.135. The van der Waals surface area contributed by atoms with E-state index in [0.717, 1.165) is 0 Å². The number of hydrazine groups is 1. The maximum atomic E-state index is 11.2. The summed E-state index contributed by atoms with van der Waals surface area (Å²) >= 11 is 0. The van der Waals surface area contributed by atoms with E-state index >= 15 is 0 Å². The zero-order valence-electron chi connectivity index (χ0n) is 7.26. The highest BCUT2D eigenvalue weighted by Crippen LogP contribution is 1.99. The Labute approximate surface area is 67.1 Å². The van der Waals surface area contributed by atoms with Gasteiger partial charge in [-0.25, -0.2) is 5.43 Å². The van der Waals surface area contributed by atoms with E-state index in [9.17, 15) is 4.79 Å². The van der Waals surface area contributed by atoms with Crippen LogP contribution in [0.3, 0.4) is 0 Å². The number of hydrogen-bond acceptors (Lipinski definition) is 4. The Morgan fingerprint density at radius 2 is 2.18 bits per heavy atom. The molecule has 0 saturated carbocycles. The van der Waals surface area contributed by atoms with Crippen molar-refractivity contribution in [1.29, 1.82) is 0 Å². The van der Waals surface area contributed by atoms with Gasteiger partial charge in [0, 0.05) is 12.5 Å². The Balaban J connectivity index is 3.92. The van der Waals surface area contributed by atoms with Crippen molar-refractivity contribution < 1.29 is 9.53 Å². The van der Waals surface area contributed by atoms with Crippen LogP contribution in [-0.4, -0.2) is 18.6 Å². The summed E-state index contributed by atoms with van der Waals surface area (Å²) in [6.45, 7) is 5.92. The van der Waals surface area contributed by atoms with Crippen molar-refractivity contribution in [1.82, 2.24) is 5.43 Å². The molecule has 0 aliphatic heterocycles. The third kappa shape index (κ3) is 3.46. The molecule has 0 aromatic rings. The Kier molecular flexibility index (Phi) is 5.02. The van der Waals surface area contributed by atoms with Gasteiger partial charge in [0.2, 0.25) is 0 Å². The number of carbonyl (C=O) groups excluding carboxylic acids is 1. The largest absolute Gasteiger partial charge is 0.355 e. The second-order valence-electron chi connectivity index (χ2n) is 2.56. The molecule has 0 aliphatic carbocycles. The highest BCUT2D eigenvalue weighted by molar-refractivity contribution is 5.84. The Hall–Kier alpha value is -0.450. The molecule has 4 nitrogen and oxygen atoms in total. The third-order valence-electron chi connectivity index (χ3n) is 1.31. The fourth-order valence-corrected chi connectivity index (χ4v) is 0.682. The molecule has 0 saturated heterocycles. The normalized spacial score (nSPS) is 13.5. The van der Waals surface area contributed by atoms with E-state index in [1.165, 1.54) is 0 Å². The second kappa shape index (κ2) is 5.23. The molecule has 0 amide bonds. The molecule has 0 radical (unpaired) electrons. The number of nitrogens with one attached hydrogen (secondary N) is 1. The lowest BCUT2D eigenvalue weighted by Gasteiger charge is -2.15. The Morgan fingerprint density at radius 1 is 1.64 bits per heavy atom. The number of hydrogen-bond donors (Lipinski definition) is 2. The Morgan fingerprint density at radius 3 is 2.45 bits per heavy atom. The molecule has 1 unspecified atom stereocenters. The number of nitrogens with two attached hydrogens (primary N) is 1. The molecule has 3 N–H and O–H groups in total. The summed E-state index contributed by atoms with van der Waals surface area (Å²) in [6, 6.07) is 0. The summed E-state index contributed by atoms with van der Waals surface area (Å²) in [7, 11) is 0. The van der Waals surface area contributed by atoms with Gasteiger partial charge in [0.15, 0.2) is 12.0 Å². The van der Waals surface area contributed by atoms with Crippen molar-refractivity contribution in [3.63, 3.8) is 0 Å². The van der Waals surface area contributed by atoms with Crippen LogP contribution in [0.4, 0.5) is 0 Å². The average molecular weight is 160 g/mol. The van der Waals surface area contributed by atoms with Crippen molar-refractivity contribution >= 4 is 5.78 Å². The number of ether oxygens (including phenoxy) is 1. The van der Waals surface area contributed by atoms with E-state index in [0.29, 0.717) is 6.61 Å². The molecule has 0 heterocycles. The fourth-order valence-electron chi connectivity index (χ4n) is 0.682. The molecule has 0 aliphatic rings. The van der Waals surface area contributed by atoms with E-state index in [-0.39, 0.29) is 11.7 Å².